The van der Waals surface area contributed by atoms with Gasteiger partial charge in [-0.2, -0.15) is 0 Å². The van der Waals surface area contributed by atoms with E-state index in [1.807, 2.05) is 61.5 Å². The minimum atomic E-state index is -0.106. The van der Waals surface area contributed by atoms with Crippen molar-refractivity contribution in [2.45, 2.75) is 6.92 Å². The van der Waals surface area contributed by atoms with Crippen LogP contribution in [-0.2, 0) is 4.79 Å². The highest BCUT2D eigenvalue weighted by Crippen LogP contribution is 2.37. The van der Waals surface area contributed by atoms with Gasteiger partial charge in [0.1, 0.15) is 5.75 Å². The molecule has 4 rings (SSSR count). The molecule has 0 aliphatic carbocycles. The molecule has 2 aromatic carbocycles. The van der Waals surface area contributed by atoms with Gasteiger partial charge < -0.3 is 14.5 Å². The van der Waals surface area contributed by atoms with Crippen molar-refractivity contribution in [2.24, 2.45) is 0 Å². The molecular weight excluding hydrogens is 314 g/mol. The largest absolute Gasteiger partial charge is 0.493 e. The maximum absolute atomic E-state index is 12.5. The molecule has 124 valence electrons. The number of ether oxygens (including phenoxy) is 1. The number of hydrogen-bond acceptors (Lipinski definition) is 3. The normalized spacial score (nSPS) is 14.4. The molecule has 0 saturated heterocycles. The zero-order valence-corrected chi connectivity index (χ0v) is 13.8. The first-order chi connectivity index (χ1) is 12.3. The van der Waals surface area contributed by atoms with E-state index in [0.29, 0.717) is 12.2 Å². The van der Waals surface area contributed by atoms with Gasteiger partial charge in [-0.05, 0) is 36.8 Å². The molecule has 0 unspecified atom stereocenters. The van der Waals surface area contributed by atoms with E-state index >= 15 is 0 Å². The lowest BCUT2D eigenvalue weighted by Gasteiger charge is -2.07. The van der Waals surface area contributed by atoms with E-state index < -0.39 is 0 Å². The van der Waals surface area contributed by atoms with Crippen LogP contribution in [0.15, 0.2) is 65.5 Å². The summed E-state index contributed by atoms with van der Waals surface area (Å²) in [5.41, 5.74) is 5.22. The lowest BCUT2D eigenvalue weighted by molar-refractivity contribution is -0.110. The lowest BCUT2D eigenvalue weighted by Crippen LogP contribution is -2.03. The number of hydrogen-bond donors (Lipinski definition) is 1. The predicted octanol–water partition coefficient (Wildman–Crippen LogP) is 4.84. The minimum absolute atomic E-state index is 0.106. The Labute approximate surface area is 145 Å². The Morgan fingerprint density at radius 3 is 2.80 bits per heavy atom. The Morgan fingerprint density at radius 2 is 2.00 bits per heavy atom. The van der Waals surface area contributed by atoms with Crippen molar-refractivity contribution in [2.75, 3.05) is 11.9 Å². The van der Waals surface area contributed by atoms with E-state index in [1.165, 1.54) is 0 Å². The molecule has 3 aromatic rings. The van der Waals surface area contributed by atoms with Gasteiger partial charge in [0.25, 0.3) is 5.91 Å². The predicted molar refractivity (Wildman–Crippen MR) is 98.3 cm³/mol. The summed E-state index contributed by atoms with van der Waals surface area (Å²) >= 11 is 0. The smallest absolute Gasteiger partial charge is 0.256 e. The third kappa shape index (κ3) is 2.83. The standard InChI is InChI=1S/C21H17NO3/c1-2-25-20-6-4-3-5-15(20)11-18-17-8-7-14(16-9-10-24-13-16)12-19(17)22-21(18)23/h3-13H,2H2,1H3,(H,22,23)/b18-11+. The van der Waals surface area contributed by atoms with E-state index in [9.17, 15) is 4.79 Å². The minimum Gasteiger partial charge on any atom is -0.493 e. The Balaban J connectivity index is 1.75. The summed E-state index contributed by atoms with van der Waals surface area (Å²) in [5, 5.41) is 2.94. The monoisotopic (exact) mass is 331 g/mol. The van der Waals surface area contributed by atoms with E-state index in [1.54, 1.807) is 12.5 Å². The third-order valence-electron chi connectivity index (χ3n) is 4.18. The van der Waals surface area contributed by atoms with E-state index in [2.05, 4.69) is 5.32 Å². The van der Waals surface area contributed by atoms with Gasteiger partial charge in [-0.3, -0.25) is 4.79 Å². The molecule has 1 aliphatic heterocycles. The van der Waals surface area contributed by atoms with Crippen molar-refractivity contribution in [3.63, 3.8) is 0 Å². The van der Waals surface area contributed by atoms with Crippen molar-refractivity contribution < 1.29 is 13.9 Å². The molecule has 1 N–H and O–H groups in total. The topological polar surface area (TPSA) is 51.5 Å². The molecule has 2 heterocycles. The average Bonchev–Trinajstić information content (AvgIpc) is 3.25. The number of benzene rings is 2. The van der Waals surface area contributed by atoms with E-state index in [0.717, 1.165) is 33.7 Å². The summed E-state index contributed by atoms with van der Waals surface area (Å²) in [7, 11) is 0. The van der Waals surface area contributed by atoms with Crippen LogP contribution in [0, 0.1) is 0 Å². The van der Waals surface area contributed by atoms with Crippen LogP contribution in [0.3, 0.4) is 0 Å². The van der Waals surface area contributed by atoms with Gasteiger partial charge in [-0.1, -0.05) is 30.3 Å². The highest BCUT2D eigenvalue weighted by Gasteiger charge is 2.24. The summed E-state index contributed by atoms with van der Waals surface area (Å²) in [6.07, 6.45) is 5.20. The molecule has 0 spiro atoms. The second-order valence-electron chi connectivity index (χ2n) is 5.76. The van der Waals surface area contributed by atoms with Gasteiger partial charge in [-0.15, -0.1) is 0 Å². The molecule has 4 nitrogen and oxygen atoms in total. The van der Waals surface area contributed by atoms with E-state index in [-0.39, 0.29) is 5.91 Å². The zero-order valence-electron chi connectivity index (χ0n) is 13.8. The third-order valence-corrected chi connectivity index (χ3v) is 4.18. The second-order valence-corrected chi connectivity index (χ2v) is 5.76. The fraction of sp³-hybridized carbons (Fsp3) is 0.0952. The first-order valence-corrected chi connectivity index (χ1v) is 8.18. The number of rotatable bonds is 4. The summed E-state index contributed by atoms with van der Waals surface area (Å²) in [6.45, 7) is 2.52. The Kier molecular flexibility index (Phi) is 3.86. The SMILES string of the molecule is CCOc1ccccc1/C=C1/C(=O)Nc2cc(-c3ccoc3)ccc21. The van der Waals surface area contributed by atoms with Crippen LogP contribution in [0.25, 0.3) is 22.8 Å². The first kappa shape index (κ1) is 15.3. The Bertz CT molecular complexity index is 955. The van der Waals surface area contributed by atoms with Gasteiger partial charge >= 0.3 is 0 Å². The number of nitrogens with one attached hydrogen (secondary N) is 1. The van der Waals surface area contributed by atoms with Crippen molar-refractivity contribution in [1.82, 2.24) is 0 Å². The van der Waals surface area contributed by atoms with Gasteiger partial charge in [-0.25, -0.2) is 0 Å². The second kappa shape index (κ2) is 6.32. The number of anilines is 1. The van der Waals surface area contributed by atoms with Crippen LogP contribution in [-0.4, -0.2) is 12.5 Å². The first-order valence-electron chi connectivity index (χ1n) is 8.18. The number of amides is 1. The van der Waals surface area contributed by atoms with Crippen LogP contribution >= 0.6 is 0 Å². The molecule has 0 bridgehead atoms. The van der Waals surface area contributed by atoms with E-state index in [4.69, 9.17) is 9.15 Å². The fourth-order valence-electron chi connectivity index (χ4n) is 2.99. The zero-order chi connectivity index (χ0) is 17.2. The molecule has 4 heteroatoms. The number of carbonyl (C=O) groups excluding carboxylic acids is 1. The van der Waals surface area contributed by atoms with Crippen molar-refractivity contribution >= 4 is 23.2 Å². The number of furan rings is 1. The average molecular weight is 331 g/mol. The Morgan fingerprint density at radius 1 is 1.12 bits per heavy atom. The molecule has 1 aromatic heterocycles. The van der Waals surface area contributed by atoms with Crippen LogP contribution in [0.4, 0.5) is 5.69 Å². The molecule has 1 aliphatic rings. The van der Waals surface area contributed by atoms with Gasteiger partial charge in [0, 0.05) is 28.0 Å². The molecular formula is C21H17NO3. The van der Waals surface area contributed by atoms with Gasteiger partial charge in [0.2, 0.25) is 0 Å². The van der Waals surface area contributed by atoms with Gasteiger partial charge in [0.15, 0.2) is 0 Å². The summed E-state index contributed by atoms with van der Waals surface area (Å²) in [5.74, 6) is 0.666. The highest BCUT2D eigenvalue weighted by atomic mass is 16.5. The molecule has 0 atom stereocenters. The van der Waals surface area contributed by atoms with Crippen molar-refractivity contribution in [3.8, 4) is 16.9 Å². The maximum atomic E-state index is 12.5. The quantitative estimate of drug-likeness (QED) is 0.696. The highest BCUT2D eigenvalue weighted by molar-refractivity contribution is 6.35. The Hall–Kier alpha value is -3.27. The maximum Gasteiger partial charge on any atom is 0.256 e. The van der Waals surface area contributed by atoms with Gasteiger partial charge in [0.05, 0.1) is 19.1 Å². The molecule has 0 fully saturated rings. The van der Waals surface area contributed by atoms with Crippen molar-refractivity contribution in [1.29, 1.82) is 0 Å². The summed E-state index contributed by atoms with van der Waals surface area (Å²) in [4.78, 5) is 12.5. The van der Waals surface area contributed by atoms with Crippen LogP contribution in [0.2, 0.25) is 0 Å². The summed E-state index contributed by atoms with van der Waals surface area (Å²) < 4.78 is 10.8. The number of para-hydroxylation sites is 1. The van der Waals surface area contributed by atoms with Crippen LogP contribution in [0.5, 0.6) is 5.75 Å². The van der Waals surface area contributed by atoms with Crippen molar-refractivity contribution in [3.05, 3.63) is 72.2 Å². The van der Waals surface area contributed by atoms with Crippen LogP contribution < -0.4 is 10.1 Å². The fourth-order valence-corrected chi connectivity index (χ4v) is 2.99. The molecule has 0 radical (unpaired) electrons. The molecule has 25 heavy (non-hydrogen) atoms. The lowest BCUT2D eigenvalue weighted by atomic mass is 10.0. The number of carbonyl (C=O) groups is 1. The molecule has 0 saturated carbocycles. The summed E-state index contributed by atoms with van der Waals surface area (Å²) in [6, 6.07) is 15.5. The molecule has 1 amide bonds. The van der Waals surface area contributed by atoms with Crippen LogP contribution in [0.1, 0.15) is 18.1 Å². The number of fused-ring (bicyclic) bond motifs is 1.